The van der Waals surface area contributed by atoms with Gasteiger partial charge in [-0.1, -0.05) is 56.5 Å². The molecule has 1 unspecified atom stereocenters. The van der Waals surface area contributed by atoms with Crippen molar-refractivity contribution in [3.63, 3.8) is 0 Å². The highest BCUT2D eigenvalue weighted by molar-refractivity contribution is 6.01. The molecule has 0 saturated carbocycles. The zero-order chi connectivity index (χ0) is 33.0. The summed E-state index contributed by atoms with van der Waals surface area (Å²) in [7, 11) is 0. The fourth-order valence-electron chi connectivity index (χ4n) is 6.08. The van der Waals surface area contributed by atoms with Crippen molar-refractivity contribution < 1.29 is 19.2 Å². The number of unbranched alkanes of at least 4 members (excludes halogenated alkanes) is 3. The maximum Gasteiger partial charge on any atom is 0.265 e. The number of nitrogens with one attached hydrogen (secondary N) is 5. The van der Waals surface area contributed by atoms with Gasteiger partial charge in [0.05, 0.1) is 0 Å². The molecule has 248 valence electrons. The number of hydrogen-bond acceptors (Lipinski definition) is 7. The minimum absolute atomic E-state index is 0.0458. The Morgan fingerprint density at radius 2 is 1.62 bits per heavy atom. The Bertz CT molecular complexity index is 1520. The highest BCUT2D eigenvalue weighted by Gasteiger charge is 2.27. The number of carbonyl (C=O) groups is 4. The van der Waals surface area contributed by atoms with Gasteiger partial charge in [-0.25, -0.2) is 5.43 Å². The zero-order valence-electron chi connectivity index (χ0n) is 27.1. The molecule has 2 heterocycles. The minimum atomic E-state index is -0.401. The van der Waals surface area contributed by atoms with Crippen LogP contribution < -0.4 is 26.8 Å². The highest BCUT2D eigenvalue weighted by Crippen LogP contribution is 2.30. The maximum atomic E-state index is 13.3. The molecule has 0 aromatic heterocycles. The summed E-state index contributed by atoms with van der Waals surface area (Å²) >= 11 is 0. The lowest BCUT2D eigenvalue weighted by atomic mass is 9.89. The van der Waals surface area contributed by atoms with Gasteiger partial charge in [-0.15, -0.1) is 0 Å². The molecule has 2 aliphatic rings. The SMILES string of the molecule is CCCCCCNNC(=O)c1cccc(NCc2ccc(C(=O)N3CCC(c4ccc(NC5CCC(=O)NC5=O)cc4)CC3)cc2)c1. The van der Waals surface area contributed by atoms with Crippen molar-refractivity contribution in [1.82, 2.24) is 21.1 Å². The Morgan fingerprint density at radius 3 is 2.34 bits per heavy atom. The fraction of sp³-hybridized carbons (Fsp3) is 0.405. The lowest BCUT2D eigenvalue weighted by molar-refractivity contribution is -0.133. The van der Waals surface area contributed by atoms with Crippen molar-refractivity contribution in [2.24, 2.45) is 0 Å². The number of imide groups is 1. The highest BCUT2D eigenvalue weighted by atomic mass is 16.2. The van der Waals surface area contributed by atoms with Gasteiger partial charge in [0.2, 0.25) is 11.8 Å². The van der Waals surface area contributed by atoms with E-state index in [-0.39, 0.29) is 23.6 Å². The molecule has 2 saturated heterocycles. The molecular formula is C37H46N6O4. The van der Waals surface area contributed by atoms with Crippen molar-refractivity contribution >= 4 is 35.0 Å². The second-order valence-electron chi connectivity index (χ2n) is 12.4. The second kappa shape index (κ2) is 16.7. The van der Waals surface area contributed by atoms with E-state index in [4.69, 9.17) is 0 Å². The molecule has 0 spiro atoms. The Balaban J connectivity index is 1.04. The van der Waals surface area contributed by atoms with E-state index in [1.807, 2.05) is 59.5 Å². The first-order chi connectivity index (χ1) is 22.9. The molecule has 0 radical (unpaired) electrons. The first-order valence-electron chi connectivity index (χ1n) is 16.8. The molecular weight excluding hydrogens is 592 g/mol. The summed E-state index contributed by atoms with van der Waals surface area (Å²) in [5.74, 6) is -0.245. The molecule has 5 rings (SSSR count). The average Bonchev–Trinajstić information content (AvgIpc) is 3.10. The van der Waals surface area contributed by atoms with Crippen LogP contribution in [0.25, 0.3) is 0 Å². The first kappa shape index (κ1) is 33.7. The fourth-order valence-corrected chi connectivity index (χ4v) is 6.08. The van der Waals surface area contributed by atoms with Crippen LogP contribution in [0.5, 0.6) is 0 Å². The average molecular weight is 639 g/mol. The number of anilines is 2. The number of nitrogens with zero attached hydrogens (tertiary/aromatic N) is 1. The van der Waals surface area contributed by atoms with Gasteiger partial charge in [0.25, 0.3) is 11.8 Å². The number of likely N-dealkylation sites (tertiary alicyclic amines) is 1. The van der Waals surface area contributed by atoms with Crippen molar-refractivity contribution in [2.45, 2.75) is 76.8 Å². The van der Waals surface area contributed by atoms with Crippen LogP contribution in [-0.4, -0.2) is 54.2 Å². The van der Waals surface area contributed by atoms with Crippen LogP contribution in [0, 0.1) is 0 Å². The van der Waals surface area contributed by atoms with Gasteiger partial charge in [0, 0.05) is 55.1 Å². The monoisotopic (exact) mass is 638 g/mol. The van der Waals surface area contributed by atoms with Gasteiger partial charge in [0.1, 0.15) is 6.04 Å². The van der Waals surface area contributed by atoms with Gasteiger partial charge in [-0.05, 0) is 85.2 Å². The number of benzene rings is 3. The molecule has 47 heavy (non-hydrogen) atoms. The smallest absolute Gasteiger partial charge is 0.265 e. The van der Waals surface area contributed by atoms with Crippen molar-refractivity contribution in [3.05, 3.63) is 95.1 Å². The van der Waals surface area contributed by atoms with Crippen LogP contribution in [0.3, 0.4) is 0 Å². The largest absolute Gasteiger partial charge is 0.381 e. The number of hydrazine groups is 1. The molecule has 5 N–H and O–H groups in total. The second-order valence-corrected chi connectivity index (χ2v) is 12.4. The van der Waals surface area contributed by atoms with Gasteiger partial charge in [-0.3, -0.25) is 29.9 Å². The van der Waals surface area contributed by atoms with Crippen LogP contribution in [0.15, 0.2) is 72.8 Å². The zero-order valence-corrected chi connectivity index (χ0v) is 27.1. The summed E-state index contributed by atoms with van der Waals surface area (Å²) in [6.07, 6.45) is 7.18. The number of rotatable bonds is 14. The van der Waals surface area contributed by atoms with Gasteiger partial charge in [0.15, 0.2) is 0 Å². The number of hydrogen-bond donors (Lipinski definition) is 5. The summed E-state index contributed by atoms with van der Waals surface area (Å²) in [5.41, 5.74) is 11.0. The van der Waals surface area contributed by atoms with Crippen molar-refractivity contribution in [3.8, 4) is 0 Å². The predicted octanol–water partition coefficient (Wildman–Crippen LogP) is 5.35. The molecule has 2 fully saturated rings. The van der Waals surface area contributed by atoms with Crippen LogP contribution in [-0.2, 0) is 16.1 Å². The molecule has 3 aromatic carbocycles. The van der Waals surface area contributed by atoms with E-state index in [1.54, 1.807) is 6.07 Å². The van der Waals surface area contributed by atoms with E-state index in [1.165, 1.54) is 18.4 Å². The van der Waals surface area contributed by atoms with E-state index >= 15 is 0 Å². The molecule has 0 aliphatic carbocycles. The number of amides is 4. The molecule has 4 amide bonds. The Labute approximate surface area is 277 Å². The number of piperidine rings is 2. The predicted molar refractivity (Wildman–Crippen MR) is 184 cm³/mol. The topological polar surface area (TPSA) is 132 Å². The Kier molecular flexibility index (Phi) is 12.0. The lowest BCUT2D eigenvalue weighted by Gasteiger charge is -2.32. The minimum Gasteiger partial charge on any atom is -0.381 e. The third-order valence-corrected chi connectivity index (χ3v) is 8.92. The summed E-state index contributed by atoms with van der Waals surface area (Å²) < 4.78 is 0. The summed E-state index contributed by atoms with van der Waals surface area (Å²) in [6, 6.07) is 22.9. The maximum absolute atomic E-state index is 13.3. The van der Waals surface area contributed by atoms with E-state index in [2.05, 4.69) is 45.9 Å². The molecule has 10 heteroatoms. The first-order valence-corrected chi connectivity index (χ1v) is 16.8. The molecule has 3 aromatic rings. The third-order valence-electron chi connectivity index (χ3n) is 8.92. The summed E-state index contributed by atoms with van der Waals surface area (Å²) in [4.78, 5) is 51.1. The van der Waals surface area contributed by atoms with Gasteiger partial charge >= 0.3 is 0 Å². The molecule has 2 aliphatic heterocycles. The number of carbonyl (C=O) groups excluding carboxylic acids is 4. The third kappa shape index (κ3) is 9.65. The normalized spacial score (nSPS) is 16.8. The quantitative estimate of drug-likeness (QED) is 0.0914. The van der Waals surface area contributed by atoms with Crippen molar-refractivity contribution in [1.29, 1.82) is 0 Å². The van der Waals surface area contributed by atoms with Crippen LogP contribution in [0.4, 0.5) is 11.4 Å². The summed E-state index contributed by atoms with van der Waals surface area (Å²) in [5, 5.41) is 8.98. The van der Waals surface area contributed by atoms with Crippen LogP contribution >= 0.6 is 0 Å². The Hall–Kier alpha value is -4.70. The standard InChI is InChI=1S/C37H46N6O4/c1-2-3-4-5-21-39-42-35(45)30-7-6-8-32(24-30)38-25-26-9-11-29(12-10-26)37(47)43-22-19-28(20-23-43)27-13-15-31(16-14-27)40-33-17-18-34(44)41-36(33)46/h6-16,24,28,33,38-40H,2-5,17-23,25H2,1H3,(H,42,45)(H,41,44,46). The van der Waals surface area contributed by atoms with E-state index in [0.29, 0.717) is 49.5 Å². The van der Waals surface area contributed by atoms with E-state index in [0.717, 1.165) is 49.2 Å². The molecule has 1 atom stereocenters. The Morgan fingerprint density at radius 1 is 0.851 bits per heavy atom. The van der Waals surface area contributed by atoms with Gasteiger partial charge < -0.3 is 15.5 Å². The van der Waals surface area contributed by atoms with Crippen LogP contribution in [0.2, 0.25) is 0 Å². The molecule has 0 bridgehead atoms. The summed E-state index contributed by atoms with van der Waals surface area (Å²) in [6.45, 7) is 4.89. The van der Waals surface area contributed by atoms with E-state index < -0.39 is 6.04 Å². The van der Waals surface area contributed by atoms with Gasteiger partial charge in [-0.2, -0.15) is 0 Å². The van der Waals surface area contributed by atoms with Crippen molar-refractivity contribution in [2.75, 3.05) is 30.3 Å². The van der Waals surface area contributed by atoms with Crippen LogP contribution in [0.1, 0.15) is 96.1 Å². The molecule has 10 nitrogen and oxygen atoms in total. The lowest BCUT2D eigenvalue weighted by Crippen LogP contribution is -2.47. The van der Waals surface area contributed by atoms with E-state index in [9.17, 15) is 19.2 Å².